The molecule has 19 heavy (non-hydrogen) atoms. The quantitative estimate of drug-likeness (QED) is 0.671. The van der Waals surface area contributed by atoms with Crippen LogP contribution in [0.1, 0.15) is 51.6 Å². The van der Waals surface area contributed by atoms with Crippen LogP contribution >= 0.6 is 0 Å². The first-order chi connectivity index (χ1) is 8.90. The van der Waals surface area contributed by atoms with Crippen molar-refractivity contribution >= 4 is 11.5 Å². The van der Waals surface area contributed by atoms with E-state index in [1.54, 1.807) is 11.7 Å². The van der Waals surface area contributed by atoms with Gasteiger partial charge < -0.3 is 5.32 Å². The molecule has 1 aliphatic rings. The normalized spacial score (nSPS) is 23.0. The van der Waals surface area contributed by atoms with Gasteiger partial charge in [0.05, 0.1) is 4.92 Å². The van der Waals surface area contributed by atoms with Crippen LogP contribution in [0.4, 0.5) is 11.5 Å². The topological polar surface area (TPSA) is 73.0 Å². The minimum absolute atomic E-state index is 0.0460. The maximum absolute atomic E-state index is 11.3. The molecule has 0 spiro atoms. The van der Waals surface area contributed by atoms with Gasteiger partial charge in [-0.25, -0.2) is 4.68 Å². The van der Waals surface area contributed by atoms with Crippen molar-refractivity contribution in [1.29, 1.82) is 0 Å². The SMILES string of the molecule is CC1CCC(Nc2c([N+](=O)[O-])c(C(C)C)nn2C)C1. The number of aryl methyl sites for hydroxylation is 1. The maximum Gasteiger partial charge on any atom is 0.334 e. The van der Waals surface area contributed by atoms with Gasteiger partial charge in [-0.2, -0.15) is 5.10 Å². The molecule has 0 aliphatic heterocycles. The van der Waals surface area contributed by atoms with E-state index >= 15 is 0 Å². The second-order valence-corrected chi connectivity index (χ2v) is 5.88. The number of hydrogen-bond donors (Lipinski definition) is 1. The van der Waals surface area contributed by atoms with Crippen molar-refractivity contribution in [3.05, 3.63) is 15.8 Å². The Bertz CT molecular complexity index is 481. The Morgan fingerprint density at radius 1 is 1.47 bits per heavy atom. The van der Waals surface area contributed by atoms with E-state index in [1.807, 2.05) is 13.8 Å². The third kappa shape index (κ3) is 2.72. The van der Waals surface area contributed by atoms with Gasteiger partial charge in [-0.3, -0.25) is 10.1 Å². The average molecular weight is 266 g/mol. The molecule has 1 aliphatic carbocycles. The van der Waals surface area contributed by atoms with Gasteiger partial charge in [0.25, 0.3) is 0 Å². The highest BCUT2D eigenvalue weighted by atomic mass is 16.6. The van der Waals surface area contributed by atoms with Gasteiger partial charge >= 0.3 is 5.69 Å². The van der Waals surface area contributed by atoms with Gasteiger partial charge in [0.1, 0.15) is 5.69 Å². The minimum Gasteiger partial charge on any atom is -0.362 e. The fraction of sp³-hybridized carbons (Fsp3) is 0.769. The third-order valence-corrected chi connectivity index (χ3v) is 3.81. The molecule has 0 bridgehead atoms. The number of nitrogens with one attached hydrogen (secondary N) is 1. The van der Waals surface area contributed by atoms with Gasteiger partial charge in [0, 0.05) is 19.0 Å². The minimum atomic E-state index is -0.316. The molecule has 2 unspecified atom stereocenters. The number of hydrogen-bond acceptors (Lipinski definition) is 4. The first-order valence-corrected chi connectivity index (χ1v) is 6.88. The summed E-state index contributed by atoms with van der Waals surface area (Å²) in [6.45, 7) is 6.08. The summed E-state index contributed by atoms with van der Waals surface area (Å²) in [5, 5.41) is 18.9. The molecule has 6 nitrogen and oxygen atoms in total. The van der Waals surface area contributed by atoms with Crippen molar-refractivity contribution in [1.82, 2.24) is 9.78 Å². The summed E-state index contributed by atoms with van der Waals surface area (Å²) < 4.78 is 1.61. The maximum atomic E-state index is 11.3. The molecule has 2 atom stereocenters. The van der Waals surface area contributed by atoms with Crippen LogP contribution in [-0.4, -0.2) is 20.7 Å². The molecule has 1 N–H and O–H groups in total. The molecule has 2 rings (SSSR count). The monoisotopic (exact) mass is 266 g/mol. The highest BCUT2D eigenvalue weighted by Crippen LogP contribution is 2.35. The van der Waals surface area contributed by atoms with E-state index in [2.05, 4.69) is 17.3 Å². The molecule has 0 radical (unpaired) electrons. The molecule has 1 aromatic rings. The van der Waals surface area contributed by atoms with Crippen LogP contribution < -0.4 is 5.32 Å². The number of anilines is 1. The highest BCUT2D eigenvalue weighted by Gasteiger charge is 2.31. The summed E-state index contributed by atoms with van der Waals surface area (Å²) in [6.07, 6.45) is 3.32. The van der Waals surface area contributed by atoms with E-state index in [1.165, 1.54) is 6.42 Å². The van der Waals surface area contributed by atoms with Gasteiger partial charge in [0.2, 0.25) is 5.82 Å². The van der Waals surface area contributed by atoms with E-state index in [4.69, 9.17) is 0 Å². The lowest BCUT2D eigenvalue weighted by Gasteiger charge is -2.13. The van der Waals surface area contributed by atoms with E-state index in [0.29, 0.717) is 23.5 Å². The zero-order valence-corrected chi connectivity index (χ0v) is 12.0. The van der Waals surface area contributed by atoms with E-state index in [9.17, 15) is 10.1 Å². The van der Waals surface area contributed by atoms with E-state index in [-0.39, 0.29) is 16.5 Å². The molecule has 1 heterocycles. The number of nitro groups is 1. The molecule has 1 saturated carbocycles. The average Bonchev–Trinajstić information content (AvgIpc) is 2.84. The zero-order valence-electron chi connectivity index (χ0n) is 12.0. The first-order valence-electron chi connectivity index (χ1n) is 6.88. The molecule has 106 valence electrons. The summed E-state index contributed by atoms with van der Waals surface area (Å²) in [7, 11) is 1.76. The van der Waals surface area contributed by atoms with Crippen LogP contribution in [0.5, 0.6) is 0 Å². The predicted molar refractivity (Wildman–Crippen MR) is 74.4 cm³/mol. The fourth-order valence-corrected chi connectivity index (χ4v) is 2.80. The van der Waals surface area contributed by atoms with Gasteiger partial charge in [-0.15, -0.1) is 0 Å². The summed E-state index contributed by atoms with van der Waals surface area (Å²) >= 11 is 0. The predicted octanol–water partition coefficient (Wildman–Crippen LogP) is 3.05. The Kier molecular flexibility index (Phi) is 3.78. The molecule has 1 fully saturated rings. The summed E-state index contributed by atoms with van der Waals surface area (Å²) in [5.74, 6) is 1.28. The molecule has 6 heteroatoms. The molecule has 1 aromatic heterocycles. The standard InChI is InChI=1S/C13H22N4O2/c1-8(2)11-12(17(18)19)13(16(4)15-11)14-10-6-5-9(3)7-10/h8-10,14H,5-7H2,1-4H3. The summed E-state index contributed by atoms with van der Waals surface area (Å²) in [5.41, 5.74) is 0.693. The second-order valence-electron chi connectivity index (χ2n) is 5.88. The van der Waals surface area contributed by atoms with Gasteiger partial charge in [-0.05, 0) is 25.2 Å². The lowest BCUT2D eigenvalue weighted by atomic mass is 10.1. The van der Waals surface area contributed by atoms with Crippen LogP contribution in [-0.2, 0) is 7.05 Å². The summed E-state index contributed by atoms with van der Waals surface area (Å²) in [6, 6.07) is 0.323. The number of nitrogens with zero attached hydrogens (tertiary/aromatic N) is 3. The smallest absolute Gasteiger partial charge is 0.334 e. The van der Waals surface area contributed by atoms with Crippen molar-refractivity contribution in [3.8, 4) is 0 Å². The van der Waals surface area contributed by atoms with Crippen LogP contribution in [0, 0.1) is 16.0 Å². The largest absolute Gasteiger partial charge is 0.362 e. The number of aromatic nitrogens is 2. The first kappa shape index (κ1) is 13.8. The van der Waals surface area contributed by atoms with Crippen molar-refractivity contribution in [3.63, 3.8) is 0 Å². The van der Waals surface area contributed by atoms with Crippen molar-refractivity contribution in [2.45, 2.75) is 52.0 Å². The van der Waals surface area contributed by atoms with E-state index < -0.39 is 0 Å². The molecule has 0 aromatic carbocycles. The molecule has 0 amide bonds. The number of rotatable bonds is 4. The molecule has 0 saturated heterocycles. The molecular weight excluding hydrogens is 244 g/mol. The summed E-state index contributed by atoms with van der Waals surface area (Å²) in [4.78, 5) is 11.0. The fourth-order valence-electron chi connectivity index (χ4n) is 2.80. The van der Waals surface area contributed by atoms with E-state index in [0.717, 1.165) is 12.8 Å². The van der Waals surface area contributed by atoms with Crippen LogP contribution in [0.3, 0.4) is 0 Å². The Morgan fingerprint density at radius 3 is 2.63 bits per heavy atom. The Balaban J connectivity index is 2.31. The highest BCUT2D eigenvalue weighted by molar-refractivity contribution is 5.61. The van der Waals surface area contributed by atoms with Gasteiger partial charge in [-0.1, -0.05) is 20.8 Å². The zero-order chi connectivity index (χ0) is 14.2. The third-order valence-electron chi connectivity index (χ3n) is 3.81. The van der Waals surface area contributed by atoms with Crippen LogP contribution in [0.2, 0.25) is 0 Å². The van der Waals surface area contributed by atoms with Crippen molar-refractivity contribution < 1.29 is 4.92 Å². The Labute approximate surface area is 113 Å². The lowest BCUT2D eigenvalue weighted by Crippen LogP contribution is -2.18. The lowest BCUT2D eigenvalue weighted by molar-refractivity contribution is -0.384. The second kappa shape index (κ2) is 5.19. The van der Waals surface area contributed by atoms with Crippen LogP contribution in [0.25, 0.3) is 0 Å². The Hall–Kier alpha value is -1.59. The Morgan fingerprint density at radius 2 is 2.16 bits per heavy atom. The van der Waals surface area contributed by atoms with Crippen molar-refractivity contribution in [2.75, 3.05) is 5.32 Å². The molecular formula is C13H22N4O2. The van der Waals surface area contributed by atoms with Crippen molar-refractivity contribution in [2.24, 2.45) is 13.0 Å². The van der Waals surface area contributed by atoms with Gasteiger partial charge in [0.15, 0.2) is 0 Å². The van der Waals surface area contributed by atoms with Crippen LogP contribution in [0.15, 0.2) is 0 Å².